The third-order valence-corrected chi connectivity index (χ3v) is 5.96. The van der Waals surface area contributed by atoms with Crippen LogP contribution in [0.4, 0.5) is 9.18 Å². The lowest BCUT2D eigenvalue weighted by Crippen LogP contribution is -2.48. The van der Waals surface area contributed by atoms with Crippen molar-refractivity contribution in [3.63, 3.8) is 0 Å². The van der Waals surface area contributed by atoms with Gasteiger partial charge < -0.3 is 21.1 Å². The van der Waals surface area contributed by atoms with E-state index in [1.54, 1.807) is 12.1 Å². The van der Waals surface area contributed by atoms with Crippen molar-refractivity contribution in [1.29, 1.82) is 0 Å². The molecule has 0 heterocycles. The minimum Gasteiger partial charge on any atom is -0.449 e. The Hall–Kier alpha value is -3.71. The number of alkyl carbamates (subject to hydrolysis) is 1. The van der Waals surface area contributed by atoms with E-state index in [1.165, 1.54) is 12.1 Å². The molecule has 3 aromatic rings. The number of nitrogens with two attached hydrogens (primary N) is 1. The van der Waals surface area contributed by atoms with Crippen LogP contribution in [-0.2, 0) is 16.0 Å². The lowest BCUT2D eigenvalue weighted by Gasteiger charge is -2.20. The van der Waals surface area contributed by atoms with Crippen molar-refractivity contribution in [2.24, 2.45) is 5.73 Å². The first kappa shape index (κ1) is 23.4. The summed E-state index contributed by atoms with van der Waals surface area (Å²) in [5.41, 5.74) is 10.6. The van der Waals surface area contributed by atoms with E-state index in [0.29, 0.717) is 25.1 Å². The minimum absolute atomic E-state index is 0.0850. The van der Waals surface area contributed by atoms with E-state index in [-0.39, 0.29) is 24.9 Å². The molecule has 0 bridgehead atoms. The van der Waals surface area contributed by atoms with E-state index in [4.69, 9.17) is 10.5 Å². The van der Waals surface area contributed by atoms with Gasteiger partial charge in [0.15, 0.2) is 0 Å². The topological polar surface area (TPSA) is 93.5 Å². The maximum Gasteiger partial charge on any atom is 0.407 e. The molecule has 34 heavy (non-hydrogen) atoms. The largest absolute Gasteiger partial charge is 0.449 e. The van der Waals surface area contributed by atoms with Gasteiger partial charge in [-0.15, -0.1) is 0 Å². The summed E-state index contributed by atoms with van der Waals surface area (Å²) in [5.74, 6) is -0.856. The Balaban J connectivity index is 1.44. The molecule has 4 rings (SSSR count). The number of nitrogens with one attached hydrogen (secondary N) is 2. The van der Waals surface area contributed by atoms with Crippen molar-refractivity contribution in [2.45, 2.75) is 24.8 Å². The molecule has 0 fully saturated rings. The Bertz CT molecular complexity index is 1120. The highest BCUT2D eigenvalue weighted by Gasteiger charge is 2.29. The van der Waals surface area contributed by atoms with Crippen LogP contribution in [0.25, 0.3) is 11.1 Å². The van der Waals surface area contributed by atoms with Crippen LogP contribution in [0.2, 0.25) is 0 Å². The maximum atomic E-state index is 13.6. The van der Waals surface area contributed by atoms with Gasteiger partial charge in [0, 0.05) is 18.9 Å². The van der Waals surface area contributed by atoms with E-state index in [1.807, 2.05) is 36.4 Å². The fourth-order valence-electron chi connectivity index (χ4n) is 4.33. The van der Waals surface area contributed by atoms with Gasteiger partial charge in [0.25, 0.3) is 0 Å². The molecule has 0 spiro atoms. The van der Waals surface area contributed by atoms with Crippen LogP contribution >= 0.6 is 0 Å². The zero-order valence-corrected chi connectivity index (χ0v) is 18.8. The molecule has 6 nitrogen and oxygen atoms in total. The minimum atomic E-state index is -0.907. The van der Waals surface area contributed by atoms with Crippen molar-refractivity contribution in [2.75, 3.05) is 19.7 Å². The molecule has 0 aliphatic heterocycles. The third kappa shape index (κ3) is 5.43. The number of carbonyl (C=O) groups excluding carboxylic acids is 2. The zero-order chi connectivity index (χ0) is 23.9. The first-order valence-corrected chi connectivity index (χ1v) is 11.4. The fourth-order valence-corrected chi connectivity index (χ4v) is 4.33. The fraction of sp³-hybridized carbons (Fsp3) is 0.259. The van der Waals surface area contributed by atoms with Crippen LogP contribution in [0.15, 0.2) is 72.8 Å². The SMILES string of the molecule is NCCCNC(=O)C(Cc1cccc(F)c1)NC(=O)OCC1c2ccccc2-c2ccccc21. The predicted octanol–water partition coefficient (Wildman–Crippen LogP) is 3.74. The molecular weight excluding hydrogens is 433 g/mol. The van der Waals surface area contributed by atoms with Gasteiger partial charge in [0.2, 0.25) is 5.91 Å². The molecule has 0 radical (unpaired) electrons. The number of amides is 2. The average molecular weight is 462 g/mol. The molecule has 2 amide bonds. The number of rotatable bonds is 9. The number of fused-ring (bicyclic) bond motifs is 3. The maximum absolute atomic E-state index is 13.6. The van der Waals surface area contributed by atoms with Gasteiger partial charge in [0.1, 0.15) is 18.5 Å². The van der Waals surface area contributed by atoms with Crippen LogP contribution in [0.5, 0.6) is 0 Å². The molecule has 1 unspecified atom stereocenters. The molecule has 3 aromatic carbocycles. The van der Waals surface area contributed by atoms with Crippen LogP contribution in [0, 0.1) is 5.82 Å². The van der Waals surface area contributed by atoms with Crippen molar-refractivity contribution >= 4 is 12.0 Å². The highest BCUT2D eigenvalue weighted by Crippen LogP contribution is 2.44. The summed E-state index contributed by atoms with van der Waals surface area (Å²) in [7, 11) is 0. The van der Waals surface area contributed by atoms with Crippen molar-refractivity contribution < 1.29 is 18.7 Å². The van der Waals surface area contributed by atoms with Gasteiger partial charge in [0.05, 0.1) is 0 Å². The molecule has 0 saturated carbocycles. The molecule has 0 aromatic heterocycles. The Kier molecular flexibility index (Phi) is 7.54. The van der Waals surface area contributed by atoms with Crippen LogP contribution in [0.3, 0.4) is 0 Å². The number of hydrogen-bond acceptors (Lipinski definition) is 4. The van der Waals surface area contributed by atoms with Gasteiger partial charge in [-0.3, -0.25) is 4.79 Å². The van der Waals surface area contributed by atoms with Crippen molar-refractivity contribution in [3.8, 4) is 11.1 Å². The number of benzene rings is 3. The number of hydrogen-bond donors (Lipinski definition) is 3. The Morgan fingerprint density at radius 3 is 2.29 bits per heavy atom. The summed E-state index contributed by atoms with van der Waals surface area (Å²) >= 11 is 0. The summed E-state index contributed by atoms with van der Waals surface area (Å²) < 4.78 is 19.2. The van der Waals surface area contributed by atoms with E-state index < -0.39 is 18.0 Å². The lowest BCUT2D eigenvalue weighted by molar-refractivity contribution is -0.123. The van der Waals surface area contributed by atoms with Crippen molar-refractivity contribution in [3.05, 3.63) is 95.3 Å². The van der Waals surface area contributed by atoms with Gasteiger partial charge in [-0.25, -0.2) is 9.18 Å². The monoisotopic (exact) mass is 461 g/mol. The molecule has 1 aliphatic rings. The molecular formula is C27H28FN3O3. The molecule has 0 saturated heterocycles. The third-order valence-electron chi connectivity index (χ3n) is 5.96. The summed E-state index contributed by atoms with van der Waals surface area (Å²) in [6.45, 7) is 0.970. The molecule has 1 atom stereocenters. The second-order valence-corrected chi connectivity index (χ2v) is 8.29. The Morgan fingerprint density at radius 2 is 1.65 bits per heavy atom. The second-order valence-electron chi connectivity index (χ2n) is 8.29. The average Bonchev–Trinajstić information content (AvgIpc) is 3.16. The highest BCUT2D eigenvalue weighted by atomic mass is 19.1. The summed E-state index contributed by atoms with van der Waals surface area (Å²) in [6, 6.07) is 21.2. The van der Waals surface area contributed by atoms with Crippen molar-refractivity contribution in [1.82, 2.24) is 10.6 Å². The van der Waals surface area contributed by atoms with E-state index in [2.05, 4.69) is 22.8 Å². The summed E-state index contributed by atoms with van der Waals surface area (Å²) in [6.07, 6.45) is 0.0528. The van der Waals surface area contributed by atoms with Gasteiger partial charge in [-0.1, -0.05) is 60.7 Å². The highest BCUT2D eigenvalue weighted by molar-refractivity contribution is 5.86. The zero-order valence-electron chi connectivity index (χ0n) is 18.8. The van der Waals surface area contributed by atoms with Crippen LogP contribution < -0.4 is 16.4 Å². The molecule has 1 aliphatic carbocycles. The molecule has 7 heteroatoms. The standard InChI is InChI=1S/C27H28FN3O3/c28-19-8-5-7-18(15-19)16-25(26(32)30-14-6-13-29)31-27(33)34-17-24-22-11-3-1-9-20(22)21-10-2-4-12-23(21)24/h1-5,7-12,15,24-25H,6,13-14,16-17,29H2,(H,30,32)(H,31,33). The first-order valence-electron chi connectivity index (χ1n) is 11.4. The summed E-state index contributed by atoms with van der Waals surface area (Å²) in [4.78, 5) is 25.4. The predicted molar refractivity (Wildman–Crippen MR) is 129 cm³/mol. The summed E-state index contributed by atoms with van der Waals surface area (Å²) in [5, 5.41) is 5.42. The Labute approximate surface area is 198 Å². The smallest absolute Gasteiger partial charge is 0.407 e. The van der Waals surface area contributed by atoms with E-state index in [9.17, 15) is 14.0 Å². The number of halogens is 1. The second kappa shape index (κ2) is 10.9. The van der Waals surface area contributed by atoms with Gasteiger partial charge in [-0.05, 0) is 52.9 Å². The number of ether oxygens (including phenoxy) is 1. The number of carbonyl (C=O) groups is 2. The Morgan fingerprint density at radius 1 is 0.971 bits per heavy atom. The van der Waals surface area contributed by atoms with E-state index >= 15 is 0 Å². The molecule has 4 N–H and O–H groups in total. The van der Waals surface area contributed by atoms with Crippen LogP contribution in [0.1, 0.15) is 29.0 Å². The van der Waals surface area contributed by atoms with Gasteiger partial charge >= 0.3 is 6.09 Å². The normalized spacial score (nSPS) is 13.0. The first-order chi connectivity index (χ1) is 16.6. The quantitative estimate of drug-likeness (QED) is 0.423. The lowest BCUT2D eigenvalue weighted by atomic mass is 9.98. The van der Waals surface area contributed by atoms with Gasteiger partial charge in [-0.2, -0.15) is 0 Å². The van der Waals surface area contributed by atoms with Crippen LogP contribution in [-0.4, -0.2) is 37.7 Å². The molecule has 176 valence electrons. The van der Waals surface area contributed by atoms with E-state index in [0.717, 1.165) is 22.3 Å².